The van der Waals surface area contributed by atoms with Crippen molar-refractivity contribution in [1.29, 1.82) is 0 Å². The molecule has 102 valence electrons. The lowest BCUT2D eigenvalue weighted by Crippen LogP contribution is -2.29. The molecule has 5 nitrogen and oxygen atoms in total. The zero-order valence-electron chi connectivity index (χ0n) is 11.5. The number of nitrogens with zero attached hydrogens (tertiary/aromatic N) is 1. The first kappa shape index (κ1) is 13.4. The smallest absolute Gasteiger partial charge is 0.321 e. The normalized spacial score (nSPS) is 15.3. The van der Waals surface area contributed by atoms with E-state index in [0.717, 1.165) is 5.69 Å². The zero-order valence-corrected chi connectivity index (χ0v) is 11.5. The third-order valence-corrected chi connectivity index (χ3v) is 2.95. The lowest BCUT2D eigenvalue weighted by molar-refractivity contribution is -0.123. The average molecular weight is 261 g/mol. The molecule has 5 heteroatoms. The lowest BCUT2D eigenvalue weighted by atomic mass is 9.95. The second-order valence-electron chi connectivity index (χ2n) is 5.64. The minimum absolute atomic E-state index is 0.0458. The maximum atomic E-state index is 11.9. The molecular formula is C14H19N3O2. The molecule has 0 atom stereocenters. The van der Waals surface area contributed by atoms with Crippen molar-refractivity contribution in [2.45, 2.75) is 20.8 Å². The van der Waals surface area contributed by atoms with Crippen LogP contribution in [0, 0.1) is 5.41 Å². The number of hydrogen-bond donors (Lipinski definition) is 2. The molecule has 1 heterocycles. The Kier molecular flexibility index (Phi) is 3.46. The van der Waals surface area contributed by atoms with Gasteiger partial charge in [-0.2, -0.15) is 0 Å². The van der Waals surface area contributed by atoms with Gasteiger partial charge in [0.15, 0.2) is 0 Å². The van der Waals surface area contributed by atoms with Gasteiger partial charge in [0, 0.05) is 29.9 Å². The van der Waals surface area contributed by atoms with Gasteiger partial charge in [0.2, 0.25) is 5.91 Å². The largest absolute Gasteiger partial charge is 0.336 e. The molecule has 1 aromatic rings. The van der Waals surface area contributed by atoms with E-state index >= 15 is 0 Å². The summed E-state index contributed by atoms with van der Waals surface area (Å²) in [6, 6.07) is 7.23. The third kappa shape index (κ3) is 3.05. The van der Waals surface area contributed by atoms with Crippen LogP contribution in [0.25, 0.3) is 0 Å². The topological polar surface area (TPSA) is 61.4 Å². The number of rotatable bonds is 2. The summed E-state index contributed by atoms with van der Waals surface area (Å²) < 4.78 is 0. The fraction of sp³-hybridized carbons (Fsp3) is 0.429. The molecule has 1 saturated heterocycles. The number of carbonyl (C=O) groups excluding carboxylic acids is 2. The molecule has 3 amide bonds. The van der Waals surface area contributed by atoms with Gasteiger partial charge in [-0.25, -0.2) is 4.79 Å². The second kappa shape index (κ2) is 4.91. The summed E-state index contributed by atoms with van der Waals surface area (Å²) >= 11 is 0. The molecule has 0 bridgehead atoms. The number of hydrogen-bond acceptors (Lipinski definition) is 2. The molecule has 1 aromatic carbocycles. The van der Waals surface area contributed by atoms with Gasteiger partial charge in [-0.3, -0.25) is 9.69 Å². The molecule has 1 aliphatic rings. The van der Waals surface area contributed by atoms with Crippen molar-refractivity contribution in [2.24, 2.45) is 5.41 Å². The van der Waals surface area contributed by atoms with E-state index in [0.29, 0.717) is 18.8 Å². The Morgan fingerprint density at radius 1 is 1.37 bits per heavy atom. The molecule has 0 spiro atoms. The van der Waals surface area contributed by atoms with Gasteiger partial charge >= 0.3 is 6.03 Å². The highest BCUT2D eigenvalue weighted by atomic mass is 16.2. The third-order valence-electron chi connectivity index (χ3n) is 2.95. The van der Waals surface area contributed by atoms with E-state index in [1.165, 1.54) is 0 Å². The Hall–Kier alpha value is -2.04. The van der Waals surface area contributed by atoms with Gasteiger partial charge in [-0.05, 0) is 18.2 Å². The lowest BCUT2D eigenvalue weighted by Gasteiger charge is -2.19. The van der Waals surface area contributed by atoms with Crippen LogP contribution in [0.3, 0.4) is 0 Å². The Morgan fingerprint density at radius 2 is 2.11 bits per heavy atom. The number of benzene rings is 1. The van der Waals surface area contributed by atoms with Crippen LogP contribution in [0.4, 0.5) is 16.2 Å². The van der Waals surface area contributed by atoms with E-state index in [-0.39, 0.29) is 11.9 Å². The van der Waals surface area contributed by atoms with Crippen LogP contribution in [0.15, 0.2) is 24.3 Å². The molecule has 0 aromatic heterocycles. The number of anilines is 2. The molecule has 0 radical (unpaired) electrons. The molecule has 0 saturated carbocycles. The van der Waals surface area contributed by atoms with Crippen LogP contribution >= 0.6 is 0 Å². The zero-order chi connectivity index (χ0) is 14.0. The van der Waals surface area contributed by atoms with E-state index in [1.807, 2.05) is 45.0 Å². The molecular weight excluding hydrogens is 242 g/mol. The molecule has 0 aliphatic carbocycles. The monoisotopic (exact) mass is 261 g/mol. The summed E-state index contributed by atoms with van der Waals surface area (Å²) in [6.45, 7) is 6.88. The van der Waals surface area contributed by atoms with Crippen molar-refractivity contribution in [3.05, 3.63) is 24.3 Å². The Balaban J connectivity index is 2.16. The summed E-state index contributed by atoms with van der Waals surface area (Å²) in [6.07, 6.45) is 0. The van der Waals surface area contributed by atoms with Gasteiger partial charge < -0.3 is 10.6 Å². The van der Waals surface area contributed by atoms with E-state index < -0.39 is 5.41 Å². The van der Waals surface area contributed by atoms with Crippen LogP contribution in [-0.2, 0) is 4.79 Å². The molecule has 19 heavy (non-hydrogen) atoms. The first-order valence-electron chi connectivity index (χ1n) is 6.35. The van der Waals surface area contributed by atoms with Crippen LogP contribution in [0.2, 0.25) is 0 Å². The van der Waals surface area contributed by atoms with Crippen molar-refractivity contribution >= 4 is 23.3 Å². The summed E-state index contributed by atoms with van der Waals surface area (Å²) in [5.74, 6) is -0.0458. The van der Waals surface area contributed by atoms with E-state index in [9.17, 15) is 9.59 Å². The number of urea groups is 1. The molecule has 1 fully saturated rings. The summed E-state index contributed by atoms with van der Waals surface area (Å²) in [5, 5.41) is 5.62. The standard InChI is InChI=1S/C14H19N3O2/c1-14(2,3)12(18)16-10-5-4-6-11(9-10)17-8-7-15-13(17)19/h4-6,9H,7-8H2,1-3H3,(H,15,19)(H,16,18). The van der Waals surface area contributed by atoms with Crippen molar-refractivity contribution in [3.63, 3.8) is 0 Å². The summed E-state index contributed by atoms with van der Waals surface area (Å²) in [4.78, 5) is 25.2. The maximum absolute atomic E-state index is 11.9. The Morgan fingerprint density at radius 3 is 2.68 bits per heavy atom. The fourth-order valence-electron chi connectivity index (χ4n) is 1.79. The summed E-state index contributed by atoms with van der Waals surface area (Å²) in [5.41, 5.74) is 1.06. The minimum Gasteiger partial charge on any atom is -0.336 e. The molecule has 1 aliphatic heterocycles. The first-order valence-corrected chi connectivity index (χ1v) is 6.35. The highest BCUT2D eigenvalue weighted by Gasteiger charge is 2.23. The van der Waals surface area contributed by atoms with Crippen molar-refractivity contribution in [2.75, 3.05) is 23.3 Å². The van der Waals surface area contributed by atoms with Crippen LogP contribution in [0.5, 0.6) is 0 Å². The minimum atomic E-state index is -0.443. The summed E-state index contributed by atoms with van der Waals surface area (Å²) in [7, 11) is 0. The van der Waals surface area contributed by atoms with Gasteiger partial charge in [0.1, 0.15) is 0 Å². The number of amides is 3. The molecule has 2 rings (SSSR count). The van der Waals surface area contributed by atoms with Crippen LogP contribution in [-0.4, -0.2) is 25.0 Å². The van der Waals surface area contributed by atoms with Crippen LogP contribution in [0.1, 0.15) is 20.8 Å². The van der Waals surface area contributed by atoms with Gasteiger partial charge in [-0.1, -0.05) is 26.8 Å². The van der Waals surface area contributed by atoms with Gasteiger partial charge in [0.25, 0.3) is 0 Å². The Labute approximate surface area is 113 Å². The Bertz CT molecular complexity index is 506. The first-order chi connectivity index (χ1) is 8.88. The average Bonchev–Trinajstić information content (AvgIpc) is 2.74. The predicted octanol–water partition coefficient (Wildman–Crippen LogP) is 2.20. The van der Waals surface area contributed by atoms with E-state index in [2.05, 4.69) is 10.6 Å². The fourth-order valence-corrected chi connectivity index (χ4v) is 1.79. The van der Waals surface area contributed by atoms with E-state index in [4.69, 9.17) is 0 Å². The molecule has 2 N–H and O–H groups in total. The number of carbonyl (C=O) groups is 2. The quantitative estimate of drug-likeness (QED) is 0.857. The predicted molar refractivity (Wildman–Crippen MR) is 75.3 cm³/mol. The highest BCUT2D eigenvalue weighted by molar-refractivity contribution is 5.97. The van der Waals surface area contributed by atoms with Gasteiger partial charge in [-0.15, -0.1) is 0 Å². The highest BCUT2D eigenvalue weighted by Crippen LogP contribution is 2.23. The van der Waals surface area contributed by atoms with Gasteiger partial charge in [0.05, 0.1) is 0 Å². The maximum Gasteiger partial charge on any atom is 0.321 e. The SMILES string of the molecule is CC(C)(C)C(=O)Nc1cccc(N2CCNC2=O)c1. The van der Waals surface area contributed by atoms with Crippen LogP contribution < -0.4 is 15.5 Å². The van der Waals surface area contributed by atoms with Crippen molar-refractivity contribution in [1.82, 2.24) is 5.32 Å². The van der Waals surface area contributed by atoms with Crippen molar-refractivity contribution in [3.8, 4) is 0 Å². The van der Waals surface area contributed by atoms with Crippen molar-refractivity contribution < 1.29 is 9.59 Å². The second-order valence-corrected chi connectivity index (χ2v) is 5.64. The number of nitrogens with one attached hydrogen (secondary N) is 2. The van der Waals surface area contributed by atoms with E-state index in [1.54, 1.807) is 4.90 Å². The molecule has 0 unspecified atom stereocenters.